The van der Waals surface area contributed by atoms with Crippen LogP contribution in [-0.2, 0) is 4.79 Å². The monoisotopic (exact) mass is 317 g/mol. The number of aromatic nitrogens is 1. The number of aliphatic hydroxyl groups is 1. The molecule has 0 saturated carbocycles. The van der Waals surface area contributed by atoms with Crippen LogP contribution in [0.2, 0.25) is 0 Å². The maximum absolute atomic E-state index is 11.8. The molecule has 1 amide bonds. The molecule has 20 heavy (non-hydrogen) atoms. The van der Waals surface area contributed by atoms with Crippen molar-refractivity contribution in [1.82, 2.24) is 4.98 Å². The fourth-order valence-electron chi connectivity index (χ4n) is 1.16. The second-order valence-corrected chi connectivity index (χ2v) is 6.77. The summed E-state index contributed by atoms with van der Waals surface area (Å²) in [5, 5.41) is 15.6. The molecule has 7 nitrogen and oxygen atoms in total. The molecule has 0 spiro atoms. The van der Waals surface area contributed by atoms with E-state index in [-0.39, 0.29) is 12.5 Å². The van der Waals surface area contributed by atoms with Crippen LogP contribution in [0.4, 0.5) is 5.13 Å². The summed E-state index contributed by atoms with van der Waals surface area (Å²) in [6.07, 6.45) is 0.443. The van der Waals surface area contributed by atoms with Gasteiger partial charge in [-0.25, -0.2) is 4.98 Å². The smallest absolute Gasteiger partial charge is 0.231 e. The highest BCUT2D eigenvalue weighted by Crippen LogP contribution is 2.29. The predicted molar refractivity (Wildman–Crippen MR) is 78.8 cm³/mol. The Hall–Kier alpha value is -1.34. The first kappa shape index (κ1) is 16.7. The molecule has 2 atom stereocenters. The van der Waals surface area contributed by atoms with E-state index in [0.29, 0.717) is 10.0 Å². The maximum Gasteiger partial charge on any atom is 0.231 e. The van der Waals surface area contributed by atoms with Gasteiger partial charge in [-0.05, 0) is 5.53 Å². The molecule has 1 aromatic rings. The standard InChI is InChI=1S/C11H16ClN5O2S/c1-11(2,3)9(19)16-10-14-5-7(20-10)8(18)6(12)4-15-17-13/h5-6,8,18H,4H2,1-3H3,(H,14,16,19)/t6-,8-/m0/s1. The van der Waals surface area contributed by atoms with Gasteiger partial charge < -0.3 is 10.4 Å². The zero-order valence-corrected chi connectivity index (χ0v) is 12.9. The Kier molecular flexibility index (Phi) is 5.76. The summed E-state index contributed by atoms with van der Waals surface area (Å²) in [5.74, 6) is -0.163. The molecule has 1 aromatic heterocycles. The molecule has 0 radical (unpaired) electrons. The first-order valence-electron chi connectivity index (χ1n) is 5.86. The summed E-state index contributed by atoms with van der Waals surface area (Å²) in [5.41, 5.74) is 7.68. The lowest BCUT2D eigenvalue weighted by atomic mass is 9.96. The number of anilines is 1. The van der Waals surface area contributed by atoms with Crippen LogP contribution in [0.15, 0.2) is 11.3 Å². The number of aliphatic hydroxyl groups excluding tert-OH is 1. The third kappa shape index (κ3) is 4.64. The SMILES string of the molecule is CC(C)(C)C(=O)Nc1ncc([C@@H](O)[C@@H](Cl)CN=[N+]=[N-])s1. The van der Waals surface area contributed by atoms with Crippen molar-refractivity contribution >= 4 is 34.0 Å². The lowest BCUT2D eigenvalue weighted by Gasteiger charge is -2.16. The second kappa shape index (κ2) is 6.90. The summed E-state index contributed by atoms with van der Waals surface area (Å²) in [7, 11) is 0. The van der Waals surface area contributed by atoms with Crippen molar-refractivity contribution in [1.29, 1.82) is 0 Å². The van der Waals surface area contributed by atoms with E-state index in [1.54, 1.807) is 20.8 Å². The fraction of sp³-hybridized carbons (Fsp3) is 0.636. The second-order valence-electron chi connectivity index (χ2n) is 5.15. The van der Waals surface area contributed by atoms with Crippen molar-refractivity contribution in [2.24, 2.45) is 10.5 Å². The number of rotatable bonds is 5. The molecular formula is C11H16ClN5O2S. The molecule has 0 aliphatic carbocycles. The minimum atomic E-state index is -1.00. The van der Waals surface area contributed by atoms with Crippen LogP contribution >= 0.6 is 22.9 Å². The normalized spacial score (nSPS) is 14.2. The van der Waals surface area contributed by atoms with Crippen molar-refractivity contribution < 1.29 is 9.90 Å². The minimum absolute atomic E-state index is 0.0270. The van der Waals surface area contributed by atoms with E-state index < -0.39 is 16.9 Å². The predicted octanol–water partition coefficient (Wildman–Crippen LogP) is 3.08. The molecule has 2 N–H and O–H groups in total. The van der Waals surface area contributed by atoms with Gasteiger partial charge in [-0.1, -0.05) is 37.2 Å². The van der Waals surface area contributed by atoms with Gasteiger partial charge in [-0.15, -0.1) is 11.6 Å². The number of halogens is 1. The summed E-state index contributed by atoms with van der Waals surface area (Å²) in [6, 6.07) is 0. The zero-order chi connectivity index (χ0) is 15.3. The Morgan fingerprint density at radius 1 is 1.70 bits per heavy atom. The van der Waals surface area contributed by atoms with Crippen LogP contribution in [0.25, 0.3) is 10.4 Å². The van der Waals surface area contributed by atoms with Gasteiger partial charge in [0.05, 0.1) is 10.3 Å². The van der Waals surface area contributed by atoms with Crippen molar-refractivity contribution in [2.75, 3.05) is 11.9 Å². The van der Waals surface area contributed by atoms with Crippen molar-refractivity contribution in [3.05, 3.63) is 21.5 Å². The Bertz CT molecular complexity index is 521. The molecule has 0 saturated heterocycles. The van der Waals surface area contributed by atoms with Gasteiger partial charge >= 0.3 is 0 Å². The highest BCUT2D eigenvalue weighted by atomic mass is 35.5. The van der Waals surface area contributed by atoms with Gasteiger partial charge in [0.15, 0.2) is 5.13 Å². The third-order valence-corrected chi connectivity index (χ3v) is 3.74. The van der Waals surface area contributed by atoms with E-state index in [1.807, 2.05) is 0 Å². The molecule has 0 bridgehead atoms. The summed E-state index contributed by atoms with van der Waals surface area (Å²) in [4.78, 5) is 18.9. The van der Waals surface area contributed by atoms with Crippen LogP contribution in [0.5, 0.6) is 0 Å². The number of carbonyl (C=O) groups is 1. The molecule has 110 valence electrons. The van der Waals surface area contributed by atoms with Gasteiger partial charge in [0, 0.05) is 23.1 Å². The number of amides is 1. The first-order valence-corrected chi connectivity index (χ1v) is 7.11. The number of nitrogens with one attached hydrogen (secondary N) is 1. The van der Waals surface area contributed by atoms with Gasteiger partial charge in [0.1, 0.15) is 6.10 Å². The lowest BCUT2D eigenvalue weighted by Crippen LogP contribution is -2.27. The number of hydrogen-bond donors (Lipinski definition) is 2. The first-order chi connectivity index (χ1) is 9.25. The zero-order valence-electron chi connectivity index (χ0n) is 11.4. The van der Waals surface area contributed by atoms with Crippen LogP contribution in [-0.4, -0.2) is 27.9 Å². The Balaban J connectivity index is 2.72. The van der Waals surface area contributed by atoms with E-state index >= 15 is 0 Å². The number of carbonyl (C=O) groups excluding carboxylic acids is 1. The van der Waals surface area contributed by atoms with Crippen molar-refractivity contribution in [3.8, 4) is 0 Å². The topological polar surface area (TPSA) is 111 Å². The summed E-state index contributed by atoms with van der Waals surface area (Å²) >= 11 is 7.04. The Labute approximate surface area is 125 Å². The van der Waals surface area contributed by atoms with Crippen LogP contribution in [0.1, 0.15) is 31.8 Å². The molecule has 0 aromatic carbocycles. The Morgan fingerprint density at radius 2 is 2.35 bits per heavy atom. The molecule has 1 heterocycles. The van der Waals surface area contributed by atoms with Crippen molar-refractivity contribution in [3.63, 3.8) is 0 Å². The largest absolute Gasteiger partial charge is 0.386 e. The third-order valence-electron chi connectivity index (χ3n) is 2.38. The van der Waals surface area contributed by atoms with Crippen LogP contribution < -0.4 is 5.32 Å². The molecule has 0 unspecified atom stereocenters. The van der Waals surface area contributed by atoms with E-state index in [0.717, 1.165) is 11.3 Å². The van der Waals surface area contributed by atoms with Crippen molar-refractivity contribution in [2.45, 2.75) is 32.3 Å². The van der Waals surface area contributed by atoms with E-state index in [2.05, 4.69) is 20.3 Å². The van der Waals surface area contributed by atoms with Gasteiger partial charge in [-0.3, -0.25) is 4.79 Å². The molecule has 0 aliphatic rings. The van der Waals surface area contributed by atoms with Crippen LogP contribution in [0.3, 0.4) is 0 Å². The number of hydrogen-bond acceptors (Lipinski definition) is 5. The number of azide groups is 1. The van der Waals surface area contributed by atoms with E-state index in [1.165, 1.54) is 6.20 Å². The summed E-state index contributed by atoms with van der Waals surface area (Å²) in [6.45, 7) is 5.35. The molecule has 1 rings (SSSR count). The number of nitrogens with zero attached hydrogens (tertiary/aromatic N) is 4. The van der Waals surface area contributed by atoms with Gasteiger partial charge in [0.25, 0.3) is 0 Å². The highest BCUT2D eigenvalue weighted by molar-refractivity contribution is 7.15. The van der Waals surface area contributed by atoms with Crippen LogP contribution in [0, 0.1) is 5.41 Å². The van der Waals surface area contributed by atoms with Gasteiger partial charge in [0.2, 0.25) is 5.91 Å². The highest BCUT2D eigenvalue weighted by Gasteiger charge is 2.24. The average molecular weight is 318 g/mol. The number of alkyl halides is 1. The van der Waals surface area contributed by atoms with E-state index in [4.69, 9.17) is 17.1 Å². The molecule has 0 fully saturated rings. The molecule has 9 heteroatoms. The number of thiazole rings is 1. The quantitative estimate of drug-likeness (QED) is 0.376. The average Bonchev–Trinajstić information content (AvgIpc) is 2.82. The Morgan fingerprint density at radius 3 is 2.90 bits per heavy atom. The lowest BCUT2D eigenvalue weighted by molar-refractivity contribution is -0.123. The molecular weight excluding hydrogens is 302 g/mol. The van der Waals surface area contributed by atoms with E-state index in [9.17, 15) is 9.90 Å². The fourth-order valence-corrected chi connectivity index (χ4v) is 2.29. The van der Waals surface area contributed by atoms with Gasteiger partial charge in [-0.2, -0.15) is 0 Å². The maximum atomic E-state index is 11.8. The minimum Gasteiger partial charge on any atom is -0.386 e. The summed E-state index contributed by atoms with van der Waals surface area (Å²) < 4.78 is 0. The molecule has 0 aliphatic heterocycles.